The minimum atomic E-state index is -1.29. The monoisotopic (exact) mass is 384 g/mol. The summed E-state index contributed by atoms with van der Waals surface area (Å²) in [5.41, 5.74) is 0.363. The molecule has 0 bridgehead atoms. The Morgan fingerprint density at radius 3 is 2.79 bits per heavy atom. The van der Waals surface area contributed by atoms with Crippen molar-refractivity contribution in [3.05, 3.63) is 36.0 Å². The predicted molar refractivity (Wildman–Crippen MR) is 106 cm³/mol. The SMILES string of the molecule is CC(O)(CC(=O)N1CCCC2C(C(=O)O)CCCC21)c1c[nH]c2ccccc12. The average molecular weight is 384 g/mol. The number of piperidine rings is 1. The van der Waals surface area contributed by atoms with Gasteiger partial charge >= 0.3 is 5.97 Å². The van der Waals surface area contributed by atoms with E-state index in [9.17, 15) is 19.8 Å². The van der Waals surface area contributed by atoms with Crippen LogP contribution in [0.3, 0.4) is 0 Å². The van der Waals surface area contributed by atoms with Gasteiger partial charge < -0.3 is 20.1 Å². The first-order chi connectivity index (χ1) is 13.4. The largest absolute Gasteiger partial charge is 0.481 e. The number of para-hydroxylation sites is 1. The number of hydrogen-bond acceptors (Lipinski definition) is 3. The minimum absolute atomic E-state index is 0.00416. The topological polar surface area (TPSA) is 93.6 Å². The maximum atomic E-state index is 13.2. The molecule has 0 radical (unpaired) electrons. The number of fused-ring (bicyclic) bond motifs is 2. The number of aliphatic hydroxyl groups is 1. The number of aromatic amines is 1. The Kier molecular flexibility index (Phi) is 4.91. The van der Waals surface area contributed by atoms with Crippen LogP contribution in [0.4, 0.5) is 0 Å². The van der Waals surface area contributed by atoms with Gasteiger partial charge in [0.05, 0.1) is 17.9 Å². The number of carbonyl (C=O) groups is 2. The van der Waals surface area contributed by atoms with Crippen LogP contribution in [0.1, 0.15) is 51.0 Å². The Hall–Kier alpha value is -2.34. The average Bonchev–Trinajstić information content (AvgIpc) is 3.11. The summed E-state index contributed by atoms with van der Waals surface area (Å²) >= 11 is 0. The van der Waals surface area contributed by atoms with Crippen LogP contribution in [-0.4, -0.2) is 44.6 Å². The number of H-pyrrole nitrogens is 1. The van der Waals surface area contributed by atoms with Crippen LogP contribution < -0.4 is 0 Å². The number of aliphatic carboxylic acids is 1. The Morgan fingerprint density at radius 1 is 1.21 bits per heavy atom. The molecule has 1 saturated carbocycles. The zero-order valence-electron chi connectivity index (χ0n) is 16.2. The molecule has 150 valence electrons. The van der Waals surface area contributed by atoms with Crippen LogP contribution in [0.5, 0.6) is 0 Å². The van der Waals surface area contributed by atoms with Crippen LogP contribution in [-0.2, 0) is 15.2 Å². The van der Waals surface area contributed by atoms with Crippen molar-refractivity contribution < 1.29 is 19.8 Å². The molecule has 2 aliphatic rings. The Balaban J connectivity index is 1.54. The molecule has 2 heterocycles. The van der Waals surface area contributed by atoms with E-state index in [-0.39, 0.29) is 30.2 Å². The van der Waals surface area contributed by atoms with Crippen molar-refractivity contribution in [2.24, 2.45) is 11.8 Å². The molecule has 0 spiro atoms. The van der Waals surface area contributed by atoms with Crippen molar-refractivity contribution in [2.75, 3.05) is 6.54 Å². The fourth-order valence-electron chi connectivity index (χ4n) is 5.31. The summed E-state index contributed by atoms with van der Waals surface area (Å²) in [6.07, 6.45) is 5.85. The number of carboxylic acids is 1. The van der Waals surface area contributed by atoms with E-state index in [0.717, 1.165) is 42.1 Å². The van der Waals surface area contributed by atoms with Crippen molar-refractivity contribution in [2.45, 2.75) is 57.1 Å². The van der Waals surface area contributed by atoms with E-state index in [4.69, 9.17) is 0 Å². The van der Waals surface area contributed by atoms with Gasteiger partial charge in [0.1, 0.15) is 0 Å². The van der Waals surface area contributed by atoms with E-state index in [1.165, 1.54) is 0 Å². The van der Waals surface area contributed by atoms with Crippen molar-refractivity contribution >= 4 is 22.8 Å². The van der Waals surface area contributed by atoms with Crippen molar-refractivity contribution in [1.29, 1.82) is 0 Å². The van der Waals surface area contributed by atoms with E-state index in [1.807, 2.05) is 29.2 Å². The number of rotatable bonds is 4. The molecule has 2 aromatic rings. The number of carbonyl (C=O) groups excluding carboxylic acids is 1. The molecule has 1 aliphatic carbocycles. The second-order valence-corrected chi connectivity index (χ2v) is 8.53. The fourth-order valence-corrected chi connectivity index (χ4v) is 5.31. The van der Waals surface area contributed by atoms with Crippen LogP contribution in [0.2, 0.25) is 0 Å². The van der Waals surface area contributed by atoms with Gasteiger partial charge in [0.15, 0.2) is 0 Å². The first kappa shape index (κ1) is 19.0. The fraction of sp³-hybridized carbons (Fsp3) is 0.545. The summed E-state index contributed by atoms with van der Waals surface area (Å²) in [5.74, 6) is -1.16. The van der Waals surface area contributed by atoms with E-state index in [0.29, 0.717) is 13.0 Å². The maximum Gasteiger partial charge on any atom is 0.306 e. The van der Waals surface area contributed by atoms with Gasteiger partial charge in [-0.2, -0.15) is 0 Å². The van der Waals surface area contributed by atoms with Gasteiger partial charge in [-0.1, -0.05) is 24.6 Å². The van der Waals surface area contributed by atoms with Gasteiger partial charge in [-0.3, -0.25) is 9.59 Å². The van der Waals surface area contributed by atoms with Gasteiger partial charge in [-0.25, -0.2) is 0 Å². The quantitative estimate of drug-likeness (QED) is 0.754. The third kappa shape index (κ3) is 3.30. The molecule has 6 heteroatoms. The molecule has 4 unspecified atom stereocenters. The summed E-state index contributed by atoms with van der Waals surface area (Å²) in [6, 6.07) is 7.71. The summed E-state index contributed by atoms with van der Waals surface area (Å²) in [4.78, 5) is 29.8. The third-order valence-electron chi connectivity index (χ3n) is 6.67. The summed E-state index contributed by atoms with van der Waals surface area (Å²) in [5, 5.41) is 21.6. The first-order valence-electron chi connectivity index (χ1n) is 10.2. The lowest BCUT2D eigenvalue weighted by atomic mass is 9.71. The third-order valence-corrected chi connectivity index (χ3v) is 6.67. The van der Waals surface area contributed by atoms with E-state index in [1.54, 1.807) is 13.1 Å². The second kappa shape index (κ2) is 7.24. The van der Waals surface area contributed by atoms with Crippen molar-refractivity contribution in [3.8, 4) is 0 Å². The number of nitrogens with one attached hydrogen (secondary N) is 1. The van der Waals surface area contributed by atoms with Gasteiger partial charge in [-0.15, -0.1) is 0 Å². The lowest BCUT2D eigenvalue weighted by Gasteiger charge is -2.47. The molecular weight excluding hydrogens is 356 g/mol. The summed E-state index contributed by atoms with van der Waals surface area (Å²) in [6.45, 7) is 2.33. The van der Waals surface area contributed by atoms with Gasteiger partial charge in [0, 0.05) is 35.2 Å². The number of nitrogens with zero attached hydrogens (tertiary/aromatic N) is 1. The summed E-state index contributed by atoms with van der Waals surface area (Å²) in [7, 11) is 0. The molecule has 2 fully saturated rings. The number of amides is 1. The molecule has 28 heavy (non-hydrogen) atoms. The highest BCUT2D eigenvalue weighted by Gasteiger charge is 2.44. The minimum Gasteiger partial charge on any atom is -0.481 e. The highest BCUT2D eigenvalue weighted by molar-refractivity contribution is 5.85. The highest BCUT2D eigenvalue weighted by atomic mass is 16.4. The van der Waals surface area contributed by atoms with Crippen molar-refractivity contribution in [1.82, 2.24) is 9.88 Å². The van der Waals surface area contributed by atoms with E-state index < -0.39 is 11.6 Å². The van der Waals surface area contributed by atoms with Crippen LogP contribution in [0.25, 0.3) is 10.9 Å². The van der Waals surface area contributed by atoms with E-state index in [2.05, 4.69) is 4.98 Å². The zero-order valence-corrected chi connectivity index (χ0v) is 16.2. The normalized spacial score (nSPS) is 27.2. The molecule has 6 nitrogen and oxygen atoms in total. The number of aromatic nitrogens is 1. The van der Waals surface area contributed by atoms with Crippen LogP contribution in [0, 0.1) is 11.8 Å². The Labute approximate surface area is 164 Å². The number of hydrogen-bond donors (Lipinski definition) is 3. The molecule has 4 atom stereocenters. The molecule has 4 rings (SSSR count). The molecule has 1 saturated heterocycles. The second-order valence-electron chi connectivity index (χ2n) is 8.53. The molecule has 3 N–H and O–H groups in total. The lowest BCUT2D eigenvalue weighted by Crippen LogP contribution is -2.54. The lowest BCUT2D eigenvalue weighted by molar-refractivity contribution is -0.153. The van der Waals surface area contributed by atoms with Gasteiger partial charge in [0.2, 0.25) is 5.91 Å². The molecule has 1 aromatic heterocycles. The van der Waals surface area contributed by atoms with Crippen LogP contribution in [0.15, 0.2) is 30.5 Å². The smallest absolute Gasteiger partial charge is 0.306 e. The zero-order chi connectivity index (χ0) is 19.9. The summed E-state index contributed by atoms with van der Waals surface area (Å²) < 4.78 is 0. The Bertz CT molecular complexity index is 888. The molecule has 1 amide bonds. The van der Waals surface area contributed by atoms with Gasteiger partial charge in [-0.05, 0) is 44.6 Å². The standard InChI is InChI=1S/C22H28N2O4/c1-22(28,17-13-23-18-9-3-2-6-16(17)18)12-20(25)24-11-5-8-14-15(21(26)27)7-4-10-19(14)24/h2-3,6,9,13-15,19,23,28H,4-5,7-8,10-12H2,1H3,(H,26,27). The predicted octanol–water partition coefficient (Wildman–Crippen LogP) is 3.26. The maximum absolute atomic E-state index is 13.2. The molecule has 1 aliphatic heterocycles. The van der Waals surface area contributed by atoms with Crippen molar-refractivity contribution in [3.63, 3.8) is 0 Å². The number of likely N-dealkylation sites (tertiary alicyclic amines) is 1. The Morgan fingerprint density at radius 2 is 2.00 bits per heavy atom. The number of benzene rings is 1. The van der Waals surface area contributed by atoms with Gasteiger partial charge in [0.25, 0.3) is 0 Å². The van der Waals surface area contributed by atoms with E-state index >= 15 is 0 Å². The van der Waals surface area contributed by atoms with Crippen LogP contribution >= 0.6 is 0 Å². The highest BCUT2D eigenvalue weighted by Crippen LogP contribution is 2.40. The number of carboxylic acid groups (broad SMARTS) is 1. The molecular formula is C22H28N2O4. The molecule has 1 aromatic carbocycles. The first-order valence-corrected chi connectivity index (χ1v) is 10.2.